The maximum Gasteiger partial charge on any atom is 0.312 e. The van der Waals surface area contributed by atoms with E-state index in [0.717, 1.165) is 21.5 Å². The molecule has 1 unspecified atom stereocenters. The van der Waals surface area contributed by atoms with Crippen LogP contribution in [0.1, 0.15) is 22.9 Å². The number of nitrogens with zero attached hydrogens (tertiary/aromatic N) is 1. The van der Waals surface area contributed by atoms with E-state index in [-0.39, 0.29) is 0 Å². The quantitative estimate of drug-likeness (QED) is 0.836. The predicted molar refractivity (Wildman–Crippen MR) is 83.2 cm³/mol. The van der Waals surface area contributed by atoms with Gasteiger partial charge in [-0.25, -0.2) is 4.98 Å². The normalized spacial score (nSPS) is 17.0. The molecule has 1 aliphatic carbocycles. The maximum atomic E-state index is 11.1. The van der Waals surface area contributed by atoms with Crippen molar-refractivity contribution in [1.29, 1.82) is 0 Å². The van der Waals surface area contributed by atoms with E-state index in [0.29, 0.717) is 22.3 Å². The van der Waals surface area contributed by atoms with Crippen molar-refractivity contribution in [1.82, 2.24) is 4.98 Å². The average Bonchev–Trinajstić information content (AvgIpc) is 2.91. The number of hydrogen-bond acceptors (Lipinski definition) is 4. The fourth-order valence-electron chi connectivity index (χ4n) is 2.23. The second kappa shape index (κ2) is 5.35. The van der Waals surface area contributed by atoms with Crippen LogP contribution in [0.15, 0.2) is 22.7 Å². The van der Waals surface area contributed by atoms with E-state index in [1.54, 1.807) is 6.07 Å². The largest absolute Gasteiger partial charge is 0.481 e. The summed E-state index contributed by atoms with van der Waals surface area (Å²) in [7, 11) is 0. The van der Waals surface area contributed by atoms with E-state index in [1.165, 1.54) is 11.3 Å². The van der Waals surface area contributed by atoms with Crippen LogP contribution in [0.25, 0.3) is 0 Å². The zero-order valence-corrected chi connectivity index (χ0v) is 13.3. The molecule has 1 aromatic carbocycles. The molecule has 0 saturated heterocycles. The summed E-state index contributed by atoms with van der Waals surface area (Å²) in [4.78, 5) is 16.6. The van der Waals surface area contributed by atoms with Crippen LogP contribution in [-0.2, 0) is 11.2 Å². The third-order valence-electron chi connectivity index (χ3n) is 3.19. The lowest BCUT2D eigenvalue weighted by atomic mass is 10.1. The number of anilines is 2. The fourth-order valence-corrected chi connectivity index (χ4v) is 4.00. The number of carbonyl (C=O) groups is 1. The maximum absolute atomic E-state index is 11.1. The Bertz CT molecular complexity index is 689. The summed E-state index contributed by atoms with van der Waals surface area (Å²) in [5.74, 6) is -1.28. The van der Waals surface area contributed by atoms with Crippen LogP contribution in [0.3, 0.4) is 0 Å². The van der Waals surface area contributed by atoms with Gasteiger partial charge in [0.2, 0.25) is 0 Å². The summed E-state index contributed by atoms with van der Waals surface area (Å²) in [6.45, 7) is 0. The van der Waals surface area contributed by atoms with E-state index in [9.17, 15) is 4.79 Å². The molecule has 3 rings (SSSR count). The Balaban J connectivity index is 1.86. The third kappa shape index (κ3) is 2.55. The van der Waals surface area contributed by atoms with Crippen LogP contribution in [0.4, 0.5) is 10.8 Å². The highest BCUT2D eigenvalue weighted by Crippen LogP contribution is 2.40. The highest BCUT2D eigenvalue weighted by Gasteiger charge is 2.32. The Kier molecular flexibility index (Phi) is 3.70. The van der Waals surface area contributed by atoms with Crippen molar-refractivity contribution in [2.24, 2.45) is 0 Å². The third-order valence-corrected chi connectivity index (χ3v) is 5.04. The van der Waals surface area contributed by atoms with Gasteiger partial charge in [0.15, 0.2) is 5.13 Å². The van der Waals surface area contributed by atoms with Gasteiger partial charge in [0, 0.05) is 9.35 Å². The lowest BCUT2D eigenvalue weighted by Gasteiger charge is -2.06. The molecule has 7 heteroatoms. The van der Waals surface area contributed by atoms with Crippen molar-refractivity contribution in [2.75, 3.05) is 5.32 Å². The number of aryl methyl sites for hydroxylation is 1. The van der Waals surface area contributed by atoms with Crippen molar-refractivity contribution in [3.63, 3.8) is 0 Å². The molecule has 2 aromatic rings. The molecular weight excluding hydrogens is 364 g/mol. The standard InChI is InChI=1S/C13H10BrClN2O2S/c14-6-1-3-9(8(15)5-6)16-13-17-11-7(12(18)19)2-4-10(11)20-13/h1,3,5,7H,2,4H2,(H,16,17)(H,18,19). The van der Waals surface area contributed by atoms with Crippen LogP contribution in [0.2, 0.25) is 5.02 Å². The Morgan fingerprint density at radius 1 is 1.55 bits per heavy atom. The van der Waals surface area contributed by atoms with Crippen LogP contribution in [0.5, 0.6) is 0 Å². The molecule has 1 aromatic heterocycles. The first-order chi connectivity index (χ1) is 9.54. The van der Waals surface area contributed by atoms with Crippen LogP contribution in [0, 0.1) is 0 Å². The van der Waals surface area contributed by atoms with E-state index >= 15 is 0 Å². The Morgan fingerprint density at radius 2 is 2.35 bits per heavy atom. The summed E-state index contributed by atoms with van der Waals surface area (Å²) < 4.78 is 0.903. The van der Waals surface area contributed by atoms with Gasteiger partial charge in [-0.05, 0) is 31.0 Å². The van der Waals surface area contributed by atoms with E-state index < -0.39 is 11.9 Å². The highest BCUT2D eigenvalue weighted by molar-refractivity contribution is 9.10. The minimum Gasteiger partial charge on any atom is -0.481 e. The van der Waals surface area contributed by atoms with Crippen molar-refractivity contribution in [3.8, 4) is 0 Å². The van der Waals surface area contributed by atoms with Crippen molar-refractivity contribution >= 4 is 55.7 Å². The molecule has 0 spiro atoms. The molecule has 0 saturated carbocycles. The van der Waals surface area contributed by atoms with Gasteiger partial charge in [-0.15, -0.1) is 11.3 Å². The number of hydrogen-bond donors (Lipinski definition) is 2. The zero-order valence-electron chi connectivity index (χ0n) is 10.2. The molecule has 0 bridgehead atoms. The van der Waals surface area contributed by atoms with Gasteiger partial charge < -0.3 is 10.4 Å². The molecule has 0 aliphatic heterocycles. The second-order valence-electron chi connectivity index (χ2n) is 4.51. The first-order valence-corrected chi connectivity index (χ1v) is 7.98. The van der Waals surface area contributed by atoms with E-state index in [2.05, 4.69) is 26.2 Å². The van der Waals surface area contributed by atoms with E-state index in [1.807, 2.05) is 12.1 Å². The summed E-state index contributed by atoms with van der Waals surface area (Å²) in [6.07, 6.45) is 1.42. The summed E-state index contributed by atoms with van der Waals surface area (Å²) in [5, 5.41) is 13.6. The number of carboxylic acid groups (broad SMARTS) is 1. The summed E-state index contributed by atoms with van der Waals surface area (Å²) >= 11 is 11.0. The van der Waals surface area contributed by atoms with Gasteiger partial charge in [0.05, 0.1) is 16.4 Å². The molecule has 1 aliphatic rings. The number of aliphatic carboxylic acids is 1. The molecule has 0 amide bonds. The number of nitrogens with one attached hydrogen (secondary N) is 1. The number of halogens is 2. The highest BCUT2D eigenvalue weighted by atomic mass is 79.9. The SMILES string of the molecule is O=C(O)C1CCc2sc(Nc3ccc(Br)cc3Cl)nc21. The van der Waals surface area contributed by atoms with Gasteiger partial charge in [-0.3, -0.25) is 4.79 Å². The Morgan fingerprint density at radius 3 is 3.05 bits per heavy atom. The molecule has 2 N–H and O–H groups in total. The lowest BCUT2D eigenvalue weighted by Crippen LogP contribution is -2.08. The molecule has 0 radical (unpaired) electrons. The number of rotatable bonds is 3. The molecule has 4 nitrogen and oxygen atoms in total. The zero-order chi connectivity index (χ0) is 14.3. The average molecular weight is 374 g/mol. The molecular formula is C13H10BrClN2O2S. The number of aromatic nitrogens is 1. The van der Waals surface area contributed by atoms with Crippen molar-refractivity contribution < 1.29 is 9.90 Å². The lowest BCUT2D eigenvalue weighted by molar-refractivity contribution is -0.138. The summed E-state index contributed by atoms with van der Waals surface area (Å²) in [5.41, 5.74) is 1.45. The van der Waals surface area contributed by atoms with Gasteiger partial charge in [-0.1, -0.05) is 27.5 Å². The minimum atomic E-state index is -0.803. The molecule has 104 valence electrons. The number of fused-ring (bicyclic) bond motifs is 1. The molecule has 1 atom stereocenters. The number of benzene rings is 1. The topological polar surface area (TPSA) is 62.2 Å². The smallest absolute Gasteiger partial charge is 0.312 e. The fraction of sp³-hybridized carbons (Fsp3) is 0.231. The molecule has 20 heavy (non-hydrogen) atoms. The van der Waals surface area contributed by atoms with Crippen LogP contribution >= 0.6 is 38.9 Å². The number of thiazole rings is 1. The molecule has 0 fully saturated rings. The van der Waals surface area contributed by atoms with Crippen LogP contribution < -0.4 is 5.32 Å². The van der Waals surface area contributed by atoms with Crippen molar-refractivity contribution in [3.05, 3.63) is 38.3 Å². The Hall–Kier alpha value is -1.11. The first-order valence-electron chi connectivity index (χ1n) is 5.99. The van der Waals surface area contributed by atoms with Crippen molar-refractivity contribution in [2.45, 2.75) is 18.8 Å². The number of carboxylic acids is 1. The van der Waals surface area contributed by atoms with Gasteiger partial charge in [0.1, 0.15) is 5.92 Å². The summed E-state index contributed by atoms with van der Waals surface area (Å²) in [6, 6.07) is 5.54. The van der Waals surface area contributed by atoms with Gasteiger partial charge >= 0.3 is 5.97 Å². The predicted octanol–water partition coefficient (Wildman–Crippen LogP) is 4.42. The second-order valence-corrected chi connectivity index (χ2v) is 6.91. The van der Waals surface area contributed by atoms with E-state index in [4.69, 9.17) is 16.7 Å². The minimum absolute atomic E-state index is 0.475. The molecule has 1 heterocycles. The van der Waals surface area contributed by atoms with Gasteiger partial charge in [-0.2, -0.15) is 0 Å². The van der Waals surface area contributed by atoms with Gasteiger partial charge in [0.25, 0.3) is 0 Å². The first kappa shape index (κ1) is 13.9. The van der Waals surface area contributed by atoms with Crippen LogP contribution in [-0.4, -0.2) is 16.1 Å². The monoisotopic (exact) mass is 372 g/mol. The Labute approximate surface area is 132 Å².